The zero-order chi connectivity index (χ0) is 28.0. The standard InChI is InChI=1S/C29H38N6O5/c1-29(2,38)16-39-24-12-11-23-21(13-31-35(23)25(24)18-5-6-18)27(37)32-19-7-9-20(10-8-19)40-28-22(26(30)36)15-34(33-28)14-17-3-4-17/h11-13,15,17-20,38H,3-10,14,16H2,1-2H3,(H2,30,36)(H,32,37)/t19-,20-. The zero-order valence-electron chi connectivity index (χ0n) is 23.1. The number of aliphatic hydroxyl groups is 1. The van der Waals surface area contributed by atoms with Gasteiger partial charge in [0.1, 0.15) is 24.0 Å². The molecule has 0 bridgehead atoms. The number of carbonyl (C=O) groups excluding carboxylic acids is 2. The Hall–Kier alpha value is -3.60. The molecule has 0 aromatic carbocycles. The topological polar surface area (TPSA) is 146 Å². The largest absolute Gasteiger partial charge is 0.489 e. The van der Waals surface area contributed by atoms with Crippen LogP contribution in [0.3, 0.4) is 0 Å². The first kappa shape index (κ1) is 26.6. The van der Waals surface area contributed by atoms with Gasteiger partial charge in [0, 0.05) is 24.7 Å². The predicted octanol–water partition coefficient (Wildman–Crippen LogP) is 3.19. The van der Waals surface area contributed by atoms with Crippen molar-refractivity contribution in [3.63, 3.8) is 0 Å². The molecule has 214 valence electrons. The quantitative estimate of drug-likeness (QED) is 0.332. The number of ether oxygens (including phenoxy) is 2. The van der Waals surface area contributed by atoms with E-state index < -0.39 is 11.5 Å². The van der Waals surface area contributed by atoms with Crippen LogP contribution in [0, 0.1) is 5.92 Å². The minimum atomic E-state index is -0.948. The van der Waals surface area contributed by atoms with Crippen LogP contribution in [0.4, 0.5) is 0 Å². The van der Waals surface area contributed by atoms with Gasteiger partial charge in [-0.15, -0.1) is 5.10 Å². The normalized spacial score (nSPS) is 21.4. The van der Waals surface area contributed by atoms with Crippen LogP contribution in [0.5, 0.6) is 11.6 Å². The van der Waals surface area contributed by atoms with E-state index in [1.54, 1.807) is 30.9 Å². The molecule has 0 aliphatic heterocycles. The molecule has 0 saturated heterocycles. The van der Waals surface area contributed by atoms with Gasteiger partial charge in [0.2, 0.25) is 5.88 Å². The van der Waals surface area contributed by atoms with E-state index >= 15 is 0 Å². The summed E-state index contributed by atoms with van der Waals surface area (Å²) in [6.07, 6.45) is 10.7. The summed E-state index contributed by atoms with van der Waals surface area (Å²) in [4.78, 5) is 25.2. The number of carbonyl (C=O) groups is 2. The van der Waals surface area contributed by atoms with Crippen LogP contribution in [-0.2, 0) is 6.54 Å². The van der Waals surface area contributed by atoms with Crippen LogP contribution in [0.25, 0.3) is 5.52 Å². The number of pyridine rings is 1. The molecule has 3 aliphatic carbocycles. The molecular formula is C29H38N6O5. The first-order chi connectivity index (χ1) is 19.1. The summed E-state index contributed by atoms with van der Waals surface area (Å²) < 4.78 is 15.6. The summed E-state index contributed by atoms with van der Waals surface area (Å²) in [6, 6.07) is 3.75. The van der Waals surface area contributed by atoms with E-state index in [0.29, 0.717) is 34.6 Å². The molecule has 6 rings (SSSR count). The molecule has 3 aliphatic rings. The minimum Gasteiger partial charge on any atom is -0.489 e. The molecule has 3 aromatic heterocycles. The van der Waals surface area contributed by atoms with Crippen LogP contribution in [-0.4, -0.2) is 60.7 Å². The number of nitrogens with one attached hydrogen (secondary N) is 1. The number of nitrogens with zero attached hydrogens (tertiary/aromatic N) is 4. The van der Waals surface area contributed by atoms with Crippen molar-refractivity contribution >= 4 is 17.3 Å². The first-order valence-electron chi connectivity index (χ1n) is 14.3. The van der Waals surface area contributed by atoms with Gasteiger partial charge in [0.05, 0.1) is 28.6 Å². The van der Waals surface area contributed by atoms with Crippen LogP contribution in [0.15, 0.2) is 24.5 Å². The number of nitrogens with two attached hydrogens (primary N) is 1. The second-order valence-corrected chi connectivity index (χ2v) is 12.3. The number of hydrogen-bond donors (Lipinski definition) is 3. The molecule has 3 saturated carbocycles. The fraction of sp³-hybridized carbons (Fsp3) is 0.586. The monoisotopic (exact) mass is 550 g/mol. The van der Waals surface area contributed by atoms with Gasteiger partial charge in [-0.2, -0.15) is 5.10 Å². The first-order valence-corrected chi connectivity index (χ1v) is 14.3. The molecule has 3 heterocycles. The Labute approximate surface area is 233 Å². The second kappa shape index (κ2) is 10.4. The highest BCUT2D eigenvalue weighted by Crippen LogP contribution is 2.44. The smallest absolute Gasteiger partial charge is 0.255 e. The van der Waals surface area contributed by atoms with Gasteiger partial charge in [-0.25, -0.2) is 4.52 Å². The summed E-state index contributed by atoms with van der Waals surface area (Å²) in [5.41, 5.74) is 7.17. The SMILES string of the molecule is CC(C)(O)COc1ccc2c(C(=O)N[C@H]3CC[C@H](Oc4nn(CC5CC5)cc4C(N)=O)CC3)cnn2c1C1CC1. The molecule has 11 nitrogen and oxygen atoms in total. The van der Waals surface area contributed by atoms with Gasteiger partial charge in [0.15, 0.2) is 0 Å². The van der Waals surface area contributed by atoms with Crippen molar-refractivity contribution < 1.29 is 24.2 Å². The Kier molecular flexibility index (Phi) is 6.93. The summed E-state index contributed by atoms with van der Waals surface area (Å²) in [5, 5.41) is 22.3. The molecule has 4 N–H and O–H groups in total. The molecule has 3 fully saturated rings. The molecule has 0 atom stereocenters. The van der Waals surface area contributed by atoms with Crippen molar-refractivity contribution in [3.8, 4) is 11.6 Å². The van der Waals surface area contributed by atoms with Crippen molar-refractivity contribution in [2.24, 2.45) is 11.7 Å². The fourth-order valence-electron chi connectivity index (χ4n) is 5.40. The van der Waals surface area contributed by atoms with E-state index in [1.165, 1.54) is 12.8 Å². The summed E-state index contributed by atoms with van der Waals surface area (Å²) in [6.45, 7) is 4.37. The third-order valence-corrected chi connectivity index (χ3v) is 7.89. The van der Waals surface area contributed by atoms with E-state index in [9.17, 15) is 14.7 Å². The Morgan fingerprint density at radius 2 is 1.85 bits per heavy atom. The number of hydrogen-bond acceptors (Lipinski definition) is 7. The average molecular weight is 551 g/mol. The lowest BCUT2D eigenvalue weighted by Gasteiger charge is -2.29. The highest BCUT2D eigenvalue weighted by Gasteiger charge is 2.32. The van der Waals surface area contributed by atoms with E-state index in [4.69, 9.17) is 15.2 Å². The Bertz CT molecular complexity index is 1410. The minimum absolute atomic E-state index is 0.0163. The van der Waals surface area contributed by atoms with E-state index in [-0.39, 0.29) is 24.7 Å². The van der Waals surface area contributed by atoms with Crippen molar-refractivity contribution in [3.05, 3.63) is 41.3 Å². The van der Waals surface area contributed by atoms with Crippen LogP contribution >= 0.6 is 0 Å². The molecule has 3 aromatic rings. The maximum absolute atomic E-state index is 13.3. The number of rotatable bonds is 11. The molecule has 11 heteroatoms. The van der Waals surface area contributed by atoms with Gasteiger partial charge in [0.25, 0.3) is 11.8 Å². The molecule has 0 spiro atoms. The van der Waals surface area contributed by atoms with E-state index in [1.807, 2.05) is 16.6 Å². The van der Waals surface area contributed by atoms with E-state index in [2.05, 4.69) is 15.5 Å². The van der Waals surface area contributed by atoms with Gasteiger partial charge in [-0.3, -0.25) is 14.3 Å². The maximum atomic E-state index is 13.3. The van der Waals surface area contributed by atoms with E-state index in [0.717, 1.165) is 56.3 Å². The lowest BCUT2D eigenvalue weighted by molar-refractivity contribution is 0.0279. The molecule has 40 heavy (non-hydrogen) atoms. The summed E-state index contributed by atoms with van der Waals surface area (Å²) in [7, 11) is 0. The van der Waals surface area contributed by atoms with Gasteiger partial charge < -0.3 is 25.6 Å². The van der Waals surface area contributed by atoms with Crippen molar-refractivity contribution in [2.75, 3.05) is 6.61 Å². The third-order valence-electron chi connectivity index (χ3n) is 7.89. The molecule has 2 amide bonds. The van der Waals surface area contributed by atoms with Crippen LogP contribution in [0.1, 0.15) is 97.5 Å². The molecular weight excluding hydrogens is 512 g/mol. The Morgan fingerprint density at radius 3 is 2.50 bits per heavy atom. The number of fused-ring (bicyclic) bond motifs is 1. The van der Waals surface area contributed by atoms with Crippen molar-refractivity contribution in [2.45, 2.75) is 95.4 Å². The summed E-state index contributed by atoms with van der Waals surface area (Å²) >= 11 is 0. The third kappa shape index (κ3) is 5.94. The van der Waals surface area contributed by atoms with Gasteiger partial charge in [-0.05, 0) is 83.3 Å². The van der Waals surface area contributed by atoms with Gasteiger partial charge >= 0.3 is 0 Å². The number of primary amides is 1. The highest BCUT2D eigenvalue weighted by molar-refractivity contribution is 6.01. The average Bonchev–Trinajstić information content (AvgIpc) is 3.82. The fourth-order valence-corrected chi connectivity index (χ4v) is 5.40. The number of amides is 2. The zero-order valence-corrected chi connectivity index (χ0v) is 23.1. The second-order valence-electron chi connectivity index (χ2n) is 12.3. The predicted molar refractivity (Wildman–Crippen MR) is 147 cm³/mol. The number of aromatic nitrogens is 4. The summed E-state index contributed by atoms with van der Waals surface area (Å²) in [5.74, 6) is 1.27. The lowest BCUT2D eigenvalue weighted by atomic mass is 9.92. The highest BCUT2D eigenvalue weighted by atomic mass is 16.5. The van der Waals surface area contributed by atoms with Crippen molar-refractivity contribution in [1.29, 1.82) is 0 Å². The molecule has 0 radical (unpaired) electrons. The maximum Gasteiger partial charge on any atom is 0.255 e. The van der Waals surface area contributed by atoms with Gasteiger partial charge in [-0.1, -0.05) is 0 Å². The Balaban J connectivity index is 1.08. The Morgan fingerprint density at radius 1 is 1.10 bits per heavy atom. The van der Waals surface area contributed by atoms with Crippen molar-refractivity contribution in [1.82, 2.24) is 24.7 Å². The van der Waals surface area contributed by atoms with Crippen LogP contribution in [0.2, 0.25) is 0 Å². The molecule has 0 unspecified atom stereocenters. The lowest BCUT2D eigenvalue weighted by Crippen LogP contribution is -2.39. The van der Waals surface area contributed by atoms with Crippen LogP contribution < -0.4 is 20.5 Å².